The standard InChI is InChI=1S/2C7H16O4S.Ca/c2*1-2-3-4-5-7(6-8)12(9,10)11;/h2*7-8H,2-6H2,1H3,(H,9,10,11);/q;;+2/p-2. The van der Waals surface area contributed by atoms with Crippen molar-refractivity contribution in [1.82, 2.24) is 0 Å². The Morgan fingerprint density at radius 1 is 0.720 bits per heavy atom. The fraction of sp³-hybridized carbons (Fsp3) is 1.00. The molecule has 0 saturated carbocycles. The van der Waals surface area contributed by atoms with Gasteiger partial charge in [0, 0.05) is 0 Å². The van der Waals surface area contributed by atoms with Crippen molar-refractivity contribution in [3.05, 3.63) is 0 Å². The van der Waals surface area contributed by atoms with Crippen molar-refractivity contribution in [2.24, 2.45) is 0 Å². The second-order valence-corrected chi connectivity index (χ2v) is 8.89. The van der Waals surface area contributed by atoms with Crippen molar-refractivity contribution in [1.29, 1.82) is 0 Å². The van der Waals surface area contributed by atoms with Gasteiger partial charge in [-0.1, -0.05) is 52.4 Å². The number of hydrogen-bond acceptors (Lipinski definition) is 8. The third-order valence-corrected chi connectivity index (χ3v) is 5.89. The van der Waals surface area contributed by atoms with Crippen molar-refractivity contribution < 1.29 is 36.2 Å². The Kier molecular flexibility index (Phi) is 21.0. The minimum atomic E-state index is -4.30. The maximum atomic E-state index is 10.4. The zero-order valence-electron chi connectivity index (χ0n) is 15.1. The molecule has 0 heterocycles. The van der Waals surface area contributed by atoms with E-state index in [9.17, 15) is 25.9 Å². The molecule has 0 aliphatic heterocycles. The largest absolute Gasteiger partial charge is 2.00 e. The molecular weight excluding hydrogens is 400 g/mol. The van der Waals surface area contributed by atoms with Gasteiger partial charge in [0.15, 0.2) is 0 Å². The summed E-state index contributed by atoms with van der Waals surface area (Å²) in [7, 11) is -8.59. The van der Waals surface area contributed by atoms with Gasteiger partial charge in [0.05, 0.1) is 43.9 Å². The molecule has 0 amide bonds. The van der Waals surface area contributed by atoms with Crippen molar-refractivity contribution in [2.45, 2.75) is 75.7 Å². The maximum Gasteiger partial charge on any atom is 2.00 e. The van der Waals surface area contributed by atoms with Crippen molar-refractivity contribution in [2.75, 3.05) is 13.2 Å². The topological polar surface area (TPSA) is 155 Å². The number of aliphatic hydroxyl groups is 2. The van der Waals surface area contributed by atoms with Gasteiger partial charge in [-0.25, -0.2) is 16.8 Å². The molecule has 2 atom stereocenters. The van der Waals surface area contributed by atoms with Crippen LogP contribution in [0.4, 0.5) is 0 Å². The fourth-order valence-electron chi connectivity index (χ4n) is 1.90. The molecule has 0 aromatic heterocycles. The van der Waals surface area contributed by atoms with Crippen molar-refractivity contribution >= 4 is 58.0 Å². The van der Waals surface area contributed by atoms with Crippen LogP contribution < -0.4 is 0 Å². The zero-order chi connectivity index (χ0) is 19.2. The minimum absolute atomic E-state index is 0. The summed E-state index contributed by atoms with van der Waals surface area (Å²) in [5, 5.41) is 14.9. The zero-order valence-corrected chi connectivity index (χ0v) is 18.9. The smallest absolute Gasteiger partial charge is 0.748 e. The van der Waals surface area contributed by atoms with Gasteiger partial charge in [0.1, 0.15) is 0 Å². The number of hydrogen-bond donors (Lipinski definition) is 2. The third-order valence-electron chi connectivity index (χ3n) is 3.48. The van der Waals surface area contributed by atoms with Gasteiger partial charge < -0.3 is 19.3 Å². The molecule has 148 valence electrons. The van der Waals surface area contributed by atoms with E-state index in [2.05, 4.69) is 0 Å². The molecule has 2 N–H and O–H groups in total. The van der Waals surface area contributed by atoms with E-state index in [1.165, 1.54) is 0 Å². The molecule has 0 aliphatic rings. The van der Waals surface area contributed by atoms with Crippen LogP contribution >= 0.6 is 0 Å². The molecule has 8 nitrogen and oxygen atoms in total. The summed E-state index contributed by atoms with van der Waals surface area (Å²) in [6.45, 7) is 2.85. The molecule has 0 aliphatic carbocycles. The first kappa shape index (κ1) is 30.7. The first-order chi connectivity index (χ1) is 11.0. The SMILES string of the molecule is CCCCCC(CO)S(=O)(=O)[O-].CCCCCC(CO)S(=O)(=O)[O-].[Ca+2]. The van der Waals surface area contributed by atoms with E-state index < -0.39 is 43.9 Å². The van der Waals surface area contributed by atoms with Crippen LogP contribution in [-0.2, 0) is 20.2 Å². The summed E-state index contributed by atoms with van der Waals surface area (Å²) in [4.78, 5) is 0. The first-order valence-corrected chi connectivity index (χ1v) is 11.1. The van der Waals surface area contributed by atoms with Gasteiger partial charge in [-0.05, 0) is 12.8 Å². The molecule has 0 aromatic carbocycles. The van der Waals surface area contributed by atoms with E-state index in [1.54, 1.807) is 0 Å². The summed E-state index contributed by atoms with van der Waals surface area (Å²) in [5.74, 6) is 0. The molecule has 25 heavy (non-hydrogen) atoms. The molecule has 0 fully saturated rings. The molecule has 0 rings (SSSR count). The Balaban J connectivity index is -0.000000372. The van der Waals surface area contributed by atoms with Gasteiger partial charge in [-0.3, -0.25) is 0 Å². The molecule has 11 heteroatoms. The minimum Gasteiger partial charge on any atom is -0.748 e. The van der Waals surface area contributed by atoms with Gasteiger partial charge >= 0.3 is 37.7 Å². The Labute approximate surface area is 181 Å². The molecule has 0 spiro atoms. The average Bonchev–Trinajstić information content (AvgIpc) is 2.46. The quantitative estimate of drug-likeness (QED) is 0.258. The first-order valence-electron chi connectivity index (χ1n) is 8.15. The van der Waals surface area contributed by atoms with Crippen LogP contribution in [0.1, 0.15) is 65.2 Å². The Morgan fingerprint density at radius 2 is 1.00 bits per heavy atom. The fourth-order valence-corrected chi connectivity index (χ4v) is 3.17. The molecule has 0 bridgehead atoms. The van der Waals surface area contributed by atoms with Crippen molar-refractivity contribution in [3.8, 4) is 0 Å². The Hall–Kier alpha value is 1.000. The number of aliphatic hydroxyl groups excluding tert-OH is 2. The second-order valence-electron chi connectivity index (χ2n) is 5.59. The molecule has 2 unspecified atom stereocenters. The number of rotatable bonds is 12. The van der Waals surface area contributed by atoms with E-state index in [0.29, 0.717) is 12.8 Å². The van der Waals surface area contributed by atoms with Gasteiger partial charge in [0.2, 0.25) is 0 Å². The van der Waals surface area contributed by atoms with Crippen LogP contribution in [0.15, 0.2) is 0 Å². The van der Waals surface area contributed by atoms with E-state index in [-0.39, 0.29) is 50.6 Å². The van der Waals surface area contributed by atoms with Gasteiger partial charge in [0.25, 0.3) is 0 Å². The summed E-state index contributed by atoms with van der Waals surface area (Å²) in [5.41, 5.74) is 0. The van der Waals surface area contributed by atoms with Crippen LogP contribution in [0, 0.1) is 0 Å². The van der Waals surface area contributed by atoms with E-state index >= 15 is 0 Å². The predicted molar refractivity (Wildman–Crippen MR) is 95.2 cm³/mol. The summed E-state index contributed by atoms with van der Waals surface area (Å²) in [6.07, 6.45) is 5.64. The van der Waals surface area contributed by atoms with Crippen LogP contribution in [0.3, 0.4) is 0 Å². The summed E-state index contributed by atoms with van der Waals surface area (Å²) >= 11 is 0. The average molecular weight is 431 g/mol. The third kappa shape index (κ3) is 18.1. The second kappa shape index (κ2) is 17.1. The monoisotopic (exact) mass is 430 g/mol. The Morgan fingerprint density at radius 3 is 1.16 bits per heavy atom. The van der Waals surface area contributed by atoms with E-state index in [0.717, 1.165) is 25.7 Å². The van der Waals surface area contributed by atoms with Crippen molar-refractivity contribution in [3.63, 3.8) is 0 Å². The van der Waals surface area contributed by atoms with E-state index in [4.69, 9.17) is 10.2 Å². The summed E-state index contributed by atoms with van der Waals surface area (Å²) in [6, 6.07) is 0. The van der Waals surface area contributed by atoms with Crippen LogP contribution in [0.25, 0.3) is 0 Å². The Bertz CT molecular complexity index is 447. The van der Waals surface area contributed by atoms with Crippen LogP contribution in [-0.4, -0.2) is 97.6 Å². The predicted octanol–water partition coefficient (Wildman–Crippen LogP) is 0.565. The molecule has 0 saturated heterocycles. The van der Waals surface area contributed by atoms with Crippen LogP contribution in [0.5, 0.6) is 0 Å². The molecule has 0 aromatic rings. The molecular formula is C14H30CaO8S2. The van der Waals surface area contributed by atoms with Gasteiger partial charge in [-0.2, -0.15) is 0 Å². The number of unbranched alkanes of at least 4 members (excludes halogenated alkanes) is 4. The van der Waals surface area contributed by atoms with E-state index in [1.807, 2.05) is 13.8 Å². The normalized spacial score (nSPS) is 14.0. The molecule has 0 radical (unpaired) electrons. The maximum absolute atomic E-state index is 10.4. The van der Waals surface area contributed by atoms with Gasteiger partial charge in [-0.15, -0.1) is 0 Å². The van der Waals surface area contributed by atoms with Crippen LogP contribution in [0.2, 0.25) is 0 Å². The summed E-state index contributed by atoms with van der Waals surface area (Å²) < 4.78 is 62.6.